The van der Waals surface area contributed by atoms with Crippen molar-refractivity contribution >= 4 is 38.9 Å². The molecule has 5 nitrogen and oxygen atoms in total. The summed E-state index contributed by atoms with van der Waals surface area (Å²) in [7, 11) is -2.24. The summed E-state index contributed by atoms with van der Waals surface area (Å²) >= 11 is 6.60. The van der Waals surface area contributed by atoms with E-state index >= 15 is 0 Å². The Hall–Kier alpha value is -0.890. The molecule has 0 fully saturated rings. The van der Waals surface area contributed by atoms with Gasteiger partial charge in [-0.1, -0.05) is 24.2 Å². The first-order valence-electron chi connectivity index (χ1n) is 4.94. The lowest BCUT2D eigenvalue weighted by Gasteiger charge is -2.15. The van der Waals surface area contributed by atoms with Crippen LogP contribution in [-0.4, -0.2) is 38.8 Å². The van der Waals surface area contributed by atoms with Gasteiger partial charge in [-0.3, -0.25) is 4.79 Å². The number of nitrogens with zero attached hydrogens (tertiary/aromatic N) is 1. The minimum Gasteiger partial charge on any atom is -0.350 e. The molecule has 0 radical (unpaired) electrons. The summed E-state index contributed by atoms with van der Waals surface area (Å²) < 4.78 is 25.2. The fourth-order valence-electron chi connectivity index (χ4n) is 1.10. The fraction of sp³-hybridized carbons (Fsp3) is 0.300. The number of carbonyl (C=O) groups is 1. The Bertz CT molecular complexity index is 525. The number of halogens is 1. The number of nitrogens with one attached hydrogen (secondary N) is 1. The van der Waals surface area contributed by atoms with Crippen molar-refractivity contribution in [2.45, 2.75) is 4.21 Å². The number of hydrogen-bond donors (Lipinski definition) is 1. The number of hydrogen-bond acceptors (Lipinski definition) is 4. The molecule has 1 heterocycles. The average Bonchev–Trinajstić information content (AvgIpc) is 2.80. The first-order valence-corrected chi connectivity index (χ1v) is 7.63. The van der Waals surface area contributed by atoms with Gasteiger partial charge in [-0.25, -0.2) is 8.42 Å². The van der Waals surface area contributed by atoms with E-state index in [0.29, 0.717) is 0 Å². The average molecular weight is 309 g/mol. The largest absolute Gasteiger partial charge is 0.350 e. The highest BCUT2D eigenvalue weighted by Gasteiger charge is 2.23. The van der Waals surface area contributed by atoms with E-state index in [1.165, 1.54) is 13.1 Å². The van der Waals surface area contributed by atoms with Crippen LogP contribution in [0.15, 0.2) is 33.3 Å². The van der Waals surface area contributed by atoms with Gasteiger partial charge in [0.15, 0.2) is 0 Å². The minimum absolute atomic E-state index is 0.118. The molecule has 0 unspecified atom stereocenters. The van der Waals surface area contributed by atoms with Gasteiger partial charge in [0, 0.05) is 12.1 Å². The van der Waals surface area contributed by atoms with E-state index < -0.39 is 15.9 Å². The van der Waals surface area contributed by atoms with Crippen LogP contribution in [-0.2, 0) is 14.8 Å². The number of carbonyl (C=O) groups excluding carboxylic acids is 1. The van der Waals surface area contributed by atoms with Gasteiger partial charge in [-0.05, 0) is 11.4 Å². The second-order valence-corrected chi connectivity index (χ2v) is 7.24. The fourth-order valence-corrected chi connectivity index (χ4v) is 3.50. The van der Waals surface area contributed by atoms with Crippen LogP contribution < -0.4 is 5.32 Å². The molecule has 0 spiro atoms. The maximum absolute atomic E-state index is 12.0. The zero-order valence-electron chi connectivity index (χ0n) is 9.72. The van der Waals surface area contributed by atoms with Crippen LogP contribution >= 0.6 is 22.9 Å². The van der Waals surface area contributed by atoms with E-state index in [-0.39, 0.29) is 22.3 Å². The predicted molar refractivity (Wildman–Crippen MR) is 72.1 cm³/mol. The number of rotatable bonds is 6. The lowest BCUT2D eigenvalue weighted by molar-refractivity contribution is -0.120. The highest BCUT2D eigenvalue weighted by atomic mass is 35.5. The van der Waals surface area contributed by atoms with Gasteiger partial charge >= 0.3 is 0 Å². The molecule has 0 aliphatic heterocycles. The van der Waals surface area contributed by atoms with Gasteiger partial charge in [0.25, 0.3) is 10.0 Å². The molecular weight excluding hydrogens is 296 g/mol. The Morgan fingerprint density at radius 2 is 2.28 bits per heavy atom. The second-order valence-electron chi connectivity index (χ2n) is 3.49. The zero-order chi connectivity index (χ0) is 13.8. The molecule has 18 heavy (non-hydrogen) atoms. The molecule has 1 rings (SSSR count). The summed E-state index contributed by atoms with van der Waals surface area (Å²) in [6, 6.07) is 3.14. The van der Waals surface area contributed by atoms with Crippen LogP contribution in [0, 0.1) is 0 Å². The highest BCUT2D eigenvalue weighted by Crippen LogP contribution is 2.19. The van der Waals surface area contributed by atoms with Gasteiger partial charge in [0.1, 0.15) is 4.21 Å². The standard InChI is InChI=1S/C10H13ClN2O3S2/c1-8(11)6-12-9(14)7-13(2)18(15,16)10-4-3-5-17-10/h3-5H,1,6-7H2,2H3,(H,12,14). The minimum atomic E-state index is -3.59. The van der Waals surface area contributed by atoms with E-state index in [1.54, 1.807) is 11.4 Å². The Morgan fingerprint density at radius 3 is 2.78 bits per heavy atom. The molecule has 0 aromatic carbocycles. The maximum Gasteiger partial charge on any atom is 0.252 e. The summed E-state index contributed by atoms with van der Waals surface area (Å²) in [4.78, 5) is 11.5. The Labute approximate surface area is 115 Å². The summed E-state index contributed by atoms with van der Waals surface area (Å²) in [6.45, 7) is 3.27. The van der Waals surface area contributed by atoms with E-state index in [0.717, 1.165) is 15.6 Å². The molecule has 0 bridgehead atoms. The van der Waals surface area contributed by atoms with Crippen LogP contribution in [0.2, 0.25) is 0 Å². The number of likely N-dealkylation sites (N-methyl/N-ethyl adjacent to an activating group) is 1. The van der Waals surface area contributed by atoms with Gasteiger partial charge < -0.3 is 5.32 Å². The summed E-state index contributed by atoms with van der Waals surface area (Å²) in [5.41, 5.74) is 0. The summed E-state index contributed by atoms with van der Waals surface area (Å²) in [6.07, 6.45) is 0. The molecule has 0 saturated carbocycles. The van der Waals surface area contributed by atoms with Gasteiger partial charge in [-0.15, -0.1) is 11.3 Å². The normalized spacial score (nSPS) is 11.5. The third-order valence-corrected chi connectivity index (χ3v) is 5.31. The quantitative estimate of drug-likeness (QED) is 0.860. The van der Waals surface area contributed by atoms with Crippen molar-refractivity contribution in [1.82, 2.24) is 9.62 Å². The van der Waals surface area contributed by atoms with Crippen LogP contribution in [0.1, 0.15) is 0 Å². The van der Waals surface area contributed by atoms with Crippen molar-refractivity contribution in [2.75, 3.05) is 20.1 Å². The number of thiophene rings is 1. The third kappa shape index (κ3) is 4.09. The van der Waals surface area contributed by atoms with E-state index in [2.05, 4.69) is 11.9 Å². The number of amides is 1. The van der Waals surface area contributed by atoms with Crippen LogP contribution in [0.25, 0.3) is 0 Å². The second kappa shape index (κ2) is 6.33. The van der Waals surface area contributed by atoms with Crippen molar-refractivity contribution in [1.29, 1.82) is 0 Å². The smallest absolute Gasteiger partial charge is 0.252 e. The third-order valence-electron chi connectivity index (χ3n) is 2.00. The molecule has 0 saturated heterocycles. The van der Waals surface area contributed by atoms with Crippen molar-refractivity contribution < 1.29 is 13.2 Å². The molecule has 1 amide bonds. The Kier molecular flexibility index (Phi) is 5.33. The zero-order valence-corrected chi connectivity index (χ0v) is 12.1. The number of sulfonamides is 1. The monoisotopic (exact) mass is 308 g/mol. The molecule has 1 aromatic heterocycles. The van der Waals surface area contributed by atoms with E-state index in [9.17, 15) is 13.2 Å². The maximum atomic E-state index is 12.0. The van der Waals surface area contributed by atoms with E-state index in [4.69, 9.17) is 11.6 Å². The SMILES string of the molecule is C=C(Cl)CNC(=O)CN(C)S(=O)(=O)c1cccs1. The van der Waals surface area contributed by atoms with Crippen molar-refractivity contribution in [3.63, 3.8) is 0 Å². The Balaban J connectivity index is 2.63. The summed E-state index contributed by atoms with van der Waals surface area (Å²) in [5.74, 6) is -0.431. The molecular formula is C10H13ClN2O3S2. The molecule has 1 N–H and O–H groups in total. The lowest BCUT2D eigenvalue weighted by Crippen LogP contribution is -2.38. The lowest BCUT2D eigenvalue weighted by atomic mass is 10.5. The van der Waals surface area contributed by atoms with Crippen molar-refractivity contribution in [3.05, 3.63) is 29.1 Å². The van der Waals surface area contributed by atoms with Gasteiger partial charge in [-0.2, -0.15) is 4.31 Å². The van der Waals surface area contributed by atoms with Crippen molar-refractivity contribution in [3.8, 4) is 0 Å². The van der Waals surface area contributed by atoms with Crippen LogP contribution in [0.5, 0.6) is 0 Å². The van der Waals surface area contributed by atoms with Crippen LogP contribution in [0.3, 0.4) is 0 Å². The first-order chi connectivity index (χ1) is 8.34. The molecule has 0 aliphatic rings. The predicted octanol–water partition coefficient (Wildman–Crippen LogP) is 1.24. The highest BCUT2D eigenvalue weighted by molar-refractivity contribution is 7.91. The topological polar surface area (TPSA) is 66.5 Å². The van der Waals surface area contributed by atoms with Gasteiger partial charge in [0.2, 0.25) is 5.91 Å². The van der Waals surface area contributed by atoms with E-state index in [1.807, 2.05) is 0 Å². The van der Waals surface area contributed by atoms with Crippen molar-refractivity contribution in [2.24, 2.45) is 0 Å². The molecule has 100 valence electrons. The molecule has 0 aliphatic carbocycles. The molecule has 8 heteroatoms. The molecule has 0 atom stereocenters. The summed E-state index contributed by atoms with van der Waals surface area (Å²) in [5, 5.41) is 4.41. The molecule has 1 aromatic rings. The van der Waals surface area contributed by atoms with Gasteiger partial charge in [0.05, 0.1) is 13.1 Å². The Morgan fingerprint density at radius 1 is 1.61 bits per heavy atom. The van der Waals surface area contributed by atoms with Crippen LogP contribution in [0.4, 0.5) is 0 Å². The first kappa shape index (κ1) is 15.2.